The van der Waals surface area contributed by atoms with Crippen LogP contribution in [0.1, 0.15) is 32.6 Å². The Balaban J connectivity index is 1.75. The molecule has 0 aromatic heterocycles. The van der Waals surface area contributed by atoms with Gasteiger partial charge in [-0.25, -0.2) is 0 Å². The van der Waals surface area contributed by atoms with E-state index in [2.05, 4.69) is 12.2 Å². The van der Waals surface area contributed by atoms with Gasteiger partial charge in [0.2, 0.25) is 0 Å². The fourth-order valence-corrected chi connectivity index (χ4v) is 2.19. The topological polar surface area (TPSA) is 21.3 Å². The summed E-state index contributed by atoms with van der Waals surface area (Å²) in [6.07, 6.45) is 5.81. The number of ether oxygens (including phenoxy) is 1. The first kappa shape index (κ1) is 9.47. The fourth-order valence-electron chi connectivity index (χ4n) is 2.19. The van der Waals surface area contributed by atoms with Crippen LogP contribution in [0.5, 0.6) is 0 Å². The molecule has 0 heterocycles. The van der Waals surface area contributed by atoms with Gasteiger partial charge in [-0.05, 0) is 44.4 Å². The molecule has 0 aliphatic heterocycles. The van der Waals surface area contributed by atoms with Crippen molar-refractivity contribution in [2.45, 2.75) is 44.7 Å². The van der Waals surface area contributed by atoms with E-state index < -0.39 is 0 Å². The first-order chi connectivity index (χ1) is 6.31. The Hall–Kier alpha value is -0.0800. The van der Waals surface area contributed by atoms with Gasteiger partial charge in [0, 0.05) is 19.2 Å². The Morgan fingerprint density at radius 2 is 1.77 bits per heavy atom. The quantitative estimate of drug-likeness (QED) is 0.678. The van der Waals surface area contributed by atoms with Gasteiger partial charge in [-0.2, -0.15) is 0 Å². The predicted octanol–water partition coefficient (Wildman–Crippen LogP) is 1.80. The molecule has 2 nitrogen and oxygen atoms in total. The van der Waals surface area contributed by atoms with Gasteiger partial charge in [-0.15, -0.1) is 0 Å². The molecule has 2 fully saturated rings. The van der Waals surface area contributed by atoms with Crippen molar-refractivity contribution in [2.24, 2.45) is 11.8 Å². The monoisotopic (exact) mass is 183 g/mol. The summed E-state index contributed by atoms with van der Waals surface area (Å²) in [6, 6.07) is 1.33. The van der Waals surface area contributed by atoms with Crippen molar-refractivity contribution in [3.63, 3.8) is 0 Å². The molecule has 0 saturated heterocycles. The van der Waals surface area contributed by atoms with Gasteiger partial charge in [0.1, 0.15) is 0 Å². The van der Waals surface area contributed by atoms with E-state index in [1.165, 1.54) is 25.7 Å². The second-order valence-corrected chi connectivity index (χ2v) is 4.72. The second kappa shape index (κ2) is 3.97. The Morgan fingerprint density at radius 3 is 2.15 bits per heavy atom. The first-order valence-corrected chi connectivity index (χ1v) is 5.56. The highest BCUT2D eigenvalue weighted by Gasteiger charge is 2.41. The lowest BCUT2D eigenvalue weighted by Crippen LogP contribution is -2.41. The standard InChI is InChI=1S/C11H21NO/c1-8(7-13-2)12-11(9-3-4-9)10-5-6-10/h8-12H,3-7H2,1-2H3/t8-/m0/s1. The Bertz CT molecular complexity index is 151. The molecule has 0 amide bonds. The van der Waals surface area contributed by atoms with Gasteiger partial charge >= 0.3 is 0 Å². The molecule has 0 radical (unpaired) electrons. The Morgan fingerprint density at radius 1 is 1.23 bits per heavy atom. The van der Waals surface area contributed by atoms with Crippen molar-refractivity contribution in [3.8, 4) is 0 Å². The van der Waals surface area contributed by atoms with E-state index in [1.807, 2.05) is 0 Å². The SMILES string of the molecule is COC[C@H](C)NC(C1CC1)C1CC1. The maximum absolute atomic E-state index is 5.14. The minimum Gasteiger partial charge on any atom is -0.383 e. The summed E-state index contributed by atoms with van der Waals surface area (Å²) in [4.78, 5) is 0. The van der Waals surface area contributed by atoms with Gasteiger partial charge in [-0.3, -0.25) is 0 Å². The van der Waals surface area contributed by atoms with Crippen molar-refractivity contribution >= 4 is 0 Å². The zero-order valence-corrected chi connectivity index (χ0v) is 8.75. The van der Waals surface area contributed by atoms with Crippen molar-refractivity contribution in [3.05, 3.63) is 0 Å². The van der Waals surface area contributed by atoms with E-state index >= 15 is 0 Å². The summed E-state index contributed by atoms with van der Waals surface area (Å²) in [6.45, 7) is 3.07. The lowest BCUT2D eigenvalue weighted by molar-refractivity contribution is 0.162. The van der Waals surface area contributed by atoms with Gasteiger partial charge in [0.25, 0.3) is 0 Å². The largest absolute Gasteiger partial charge is 0.383 e. The van der Waals surface area contributed by atoms with Crippen molar-refractivity contribution < 1.29 is 4.74 Å². The summed E-state index contributed by atoms with van der Waals surface area (Å²) < 4.78 is 5.14. The van der Waals surface area contributed by atoms with Gasteiger partial charge in [0.05, 0.1) is 6.61 Å². The normalized spacial score (nSPS) is 25.2. The van der Waals surface area contributed by atoms with Crippen molar-refractivity contribution in [1.82, 2.24) is 5.32 Å². The lowest BCUT2D eigenvalue weighted by Gasteiger charge is -2.22. The van der Waals surface area contributed by atoms with Gasteiger partial charge in [-0.1, -0.05) is 0 Å². The molecule has 13 heavy (non-hydrogen) atoms. The summed E-state index contributed by atoms with van der Waals surface area (Å²) in [5, 5.41) is 3.72. The highest BCUT2D eigenvalue weighted by Crippen LogP contribution is 2.44. The minimum atomic E-state index is 0.524. The van der Waals surface area contributed by atoms with Crippen LogP contribution >= 0.6 is 0 Å². The van der Waals surface area contributed by atoms with E-state index in [9.17, 15) is 0 Å². The van der Waals surface area contributed by atoms with Gasteiger partial charge in [0.15, 0.2) is 0 Å². The molecule has 1 atom stereocenters. The Labute approximate surface area is 81.0 Å². The molecule has 2 heteroatoms. The highest BCUT2D eigenvalue weighted by atomic mass is 16.5. The molecule has 2 aliphatic rings. The van der Waals surface area contributed by atoms with Crippen LogP contribution in [-0.4, -0.2) is 25.8 Å². The molecule has 76 valence electrons. The number of hydrogen-bond donors (Lipinski definition) is 1. The zero-order chi connectivity index (χ0) is 9.26. The van der Waals surface area contributed by atoms with Crippen LogP contribution in [-0.2, 0) is 4.74 Å². The molecule has 2 rings (SSSR count). The minimum absolute atomic E-state index is 0.524. The smallest absolute Gasteiger partial charge is 0.0613 e. The van der Waals surface area contributed by atoms with Crippen LogP contribution in [0.4, 0.5) is 0 Å². The first-order valence-electron chi connectivity index (χ1n) is 5.56. The molecule has 0 bridgehead atoms. The van der Waals surface area contributed by atoms with Crippen LogP contribution in [0.3, 0.4) is 0 Å². The third-order valence-corrected chi connectivity index (χ3v) is 3.15. The summed E-state index contributed by atoms with van der Waals surface area (Å²) in [5.74, 6) is 1.98. The fraction of sp³-hybridized carbons (Fsp3) is 1.00. The van der Waals surface area contributed by atoms with Crippen LogP contribution in [0.25, 0.3) is 0 Å². The average Bonchev–Trinajstić information content (AvgIpc) is 2.95. The van der Waals surface area contributed by atoms with Crippen molar-refractivity contribution in [1.29, 1.82) is 0 Å². The zero-order valence-electron chi connectivity index (χ0n) is 8.75. The van der Waals surface area contributed by atoms with Crippen LogP contribution in [0.15, 0.2) is 0 Å². The molecular weight excluding hydrogens is 162 g/mol. The highest BCUT2D eigenvalue weighted by molar-refractivity contribution is 4.97. The number of nitrogens with one attached hydrogen (secondary N) is 1. The van der Waals surface area contributed by atoms with E-state index in [4.69, 9.17) is 4.74 Å². The predicted molar refractivity (Wildman–Crippen MR) is 53.7 cm³/mol. The number of methoxy groups -OCH3 is 1. The van der Waals surface area contributed by atoms with E-state index in [0.717, 1.165) is 24.5 Å². The van der Waals surface area contributed by atoms with Crippen LogP contribution in [0, 0.1) is 11.8 Å². The second-order valence-electron chi connectivity index (χ2n) is 4.72. The van der Waals surface area contributed by atoms with Crippen molar-refractivity contribution in [2.75, 3.05) is 13.7 Å². The Kier molecular flexibility index (Phi) is 2.89. The van der Waals surface area contributed by atoms with E-state index in [0.29, 0.717) is 6.04 Å². The maximum atomic E-state index is 5.14. The molecular formula is C11H21NO. The van der Waals surface area contributed by atoms with Crippen LogP contribution in [0.2, 0.25) is 0 Å². The third kappa shape index (κ3) is 2.68. The summed E-state index contributed by atoms with van der Waals surface area (Å²) >= 11 is 0. The molecule has 0 aromatic carbocycles. The lowest BCUT2D eigenvalue weighted by atomic mass is 10.1. The molecule has 0 aromatic rings. The maximum Gasteiger partial charge on any atom is 0.0613 e. The average molecular weight is 183 g/mol. The molecule has 1 N–H and O–H groups in total. The molecule has 2 aliphatic carbocycles. The van der Waals surface area contributed by atoms with E-state index in [-0.39, 0.29) is 0 Å². The number of rotatable bonds is 6. The van der Waals surface area contributed by atoms with Crippen LogP contribution < -0.4 is 5.32 Å². The molecule has 0 spiro atoms. The molecule has 0 unspecified atom stereocenters. The summed E-state index contributed by atoms with van der Waals surface area (Å²) in [7, 11) is 1.78. The number of hydrogen-bond acceptors (Lipinski definition) is 2. The van der Waals surface area contributed by atoms with Gasteiger partial charge < -0.3 is 10.1 Å². The van der Waals surface area contributed by atoms with E-state index in [1.54, 1.807) is 7.11 Å². The third-order valence-electron chi connectivity index (χ3n) is 3.15. The summed E-state index contributed by atoms with van der Waals surface area (Å²) in [5.41, 5.74) is 0. The molecule has 2 saturated carbocycles.